The molecule has 2 aromatic heterocycles. The van der Waals surface area contributed by atoms with Crippen LogP contribution in [0.3, 0.4) is 0 Å². The second kappa shape index (κ2) is 9.00. The predicted octanol–water partition coefficient (Wildman–Crippen LogP) is 7.86. The highest BCUT2D eigenvalue weighted by atomic mass is 35.5. The van der Waals surface area contributed by atoms with Gasteiger partial charge in [0.1, 0.15) is 5.76 Å². The average molecular weight is 498 g/mol. The standard InChI is InChI=1S/C21H12Cl4N2O2S/c22-13-3-1-11(16(24)9-13)7-14-10-26-21(30-14)27-20(28)19-6-5-18(29-19)12-2-4-15(23)17(25)8-12/h1-6,8-10H,7H2,(H,26,27,28). The van der Waals surface area contributed by atoms with E-state index >= 15 is 0 Å². The number of furan rings is 1. The number of nitrogens with one attached hydrogen (secondary N) is 1. The fourth-order valence-corrected chi connectivity index (χ4v) is 4.33. The van der Waals surface area contributed by atoms with Gasteiger partial charge in [0, 0.05) is 33.1 Å². The van der Waals surface area contributed by atoms with Crippen molar-refractivity contribution in [2.75, 3.05) is 5.32 Å². The van der Waals surface area contributed by atoms with Crippen molar-refractivity contribution in [3.05, 3.63) is 91.0 Å². The van der Waals surface area contributed by atoms with E-state index in [-0.39, 0.29) is 5.76 Å². The molecule has 0 atom stereocenters. The number of nitrogens with zero attached hydrogens (tertiary/aromatic N) is 1. The quantitative estimate of drug-likeness (QED) is 0.305. The van der Waals surface area contributed by atoms with Crippen molar-refractivity contribution in [1.29, 1.82) is 0 Å². The number of hydrogen-bond donors (Lipinski definition) is 1. The van der Waals surface area contributed by atoms with Crippen molar-refractivity contribution in [1.82, 2.24) is 4.98 Å². The van der Waals surface area contributed by atoms with E-state index in [4.69, 9.17) is 50.8 Å². The fraction of sp³-hybridized carbons (Fsp3) is 0.0476. The molecule has 0 unspecified atom stereocenters. The van der Waals surface area contributed by atoms with Gasteiger partial charge in [-0.2, -0.15) is 0 Å². The fourth-order valence-electron chi connectivity index (χ4n) is 2.72. The number of aromatic nitrogens is 1. The Labute approximate surface area is 196 Å². The molecule has 0 fully saturated rings. The van der Waals surface area contributed by atoms with Crippen LogP contribution >= 0.6 is 57.7 Å². The lowest BCUT2D eigenvalue weighted by molar-refractivity contribution is 0.0997. The second-order valence-corrected chi connectivity index (χ2v) is 9.06. The number of amides is 1. The summed E-state index contributed by atoms with van der Waals surface area (Å²) in [5, 5.41) is 5.24. The van der Waals surface area contributed by atoms with Crippen molar-refractivity contribution in [2.45, 2.75) is 6.42 Å². The first-order valence-corrected chi connectivity index (χ1v) is 11.0. The molecule has 0 saturated heterocycles. The zero-order valence-corrected chi connectivity index (χ0v) is 18.9. The van der Waals surface area contributed by atoms with Crippen LogP contribution in [0.2, 0.25) is 20.1 Å². The van der Waals surface area contributed by atoms with Crippen molar-refractivity contribution in [2.24, 2.45) is 0 Å². The number of hydrogen-bond acceptors (Lipinski definition) is 4. The third-order valence-corrected chi connectivity index (χ3v) is 6.43. The largest absolute Gasteiger partial charge is 0.451 e. The van der Waals surface area contributed by atoms with Crippen LogP contribution in [0.1, 0.15) is 21.0 Å². The van der Waals surface area contributed by atoms with E-state index in [1.165, 1.54) is 11.3 Å². The first-order chi connectivity index (χ1) is 14.4. The van der Waals surface area contributed by atoms with E-state index < -0.39 is 5.91 Å². The monoisotopic (exact) mass is 496 g/mol. The molecular formula is C21H12Cl4N2O2S. The second-order valence-electron chi connectivity index (χ2n) is 6.29. The maximum atomic E-state index is 12.5. The smallest absolute Gasteiger partial charge is 0.293 e. The van der Waals surface area contributed by atoms with Crippen LogP contribution in [0.25, 0.3) is 11.3 Å². The molecule has 152 valence electrons. The molecule has 1 amide bonds. The molecule has 0 aliphatic rings. The summed E-state index contributed by atoms with van der Waals surface area (Å²) in [6, 6.07) is 13.8. The molecule has 0 saturated carbocycles. The van der Waals surface area contributed by atoms with Crippen molar-refractivity contribution in [3.63, 3.8) is 0 Å². The minimum atomic E-state index is -0.397. The number of thiazole rings is 1. The number of rotatable bonds is 5. The summed E-state index contributed by atoms with van der Waals surface area (Å²) in [6.45, 7) is 0. The first-order valence-electron chi connectivity index (χ1n) is 8.64. The van der Waals surface area contributed by atoms with Crippen molar-refractivity contribution < 1.29 is 9.21 Å². The highest BCUT2D eigenvalue weighted by Crippen LogP contribution is 2.30. The average Bonchev–Trinajstić information content (AvgIpc) is 3.36. The molecule has 9 heteroatoms. The van der Waals surface area contributed by atoms with Crippen LogP contribution in [-0.4, -0.2) is 10.9 Å². The van der Waals surface area contributed by atoms with Gasteiger partial charge in [0.05, 0.1) is 10.0 Å². The van der Waals surface area contributed by atoms with E-state index in [1.807, 2.05) is 6.07 Å². The van der Waals surface area contributed by atoms with Gasteiger partial charge in [0.25, 0.3) is 5.91 Å². The number of halogens is 4. The normalized spacial score (nSPS) is 10.9. The Hall–Kier alpha value is -2.02. The molecule has 0 aliphatic carbocycles. The van der Waals surface area contributed by atoms with Crippen LogP contribution < -0.4 is 5.32 Å². The van der Waals surface area contributed by atoms with Gasteiger partial charge in [-0.15, -0.1) is 11.3 Å². The Balaban J connectivity index is 1.44. The topological polar surface area (TPSA) is 55.1 Å². The number of carbonyl (C=O) groups excluding carboxylic acids is 1. The Morgan fingerprint density at radius 3 is 2.57 bits per heavy atom. The molecule has 2 aromatic carbocycles. The molecule has 4 nitrogen and oxygen atoms in total. The minimum absolute atomic E-state index is 0.161. The van der Waals surface area contributed by atoms with Gasteiger partial charge < -0.3 is 4.42 Å². The van der Waals surface area contributed by atoms with Gasteiger partial charge in [-0.3, -0.25) is 10.1 Å². The predicted molar refractivity (Wildman–Crippen MR) is 123 cm³/mol. The molecule has 0 radical (unpaired) electrons. The maximum Gasteiger partial charge on any atom is 0.293 e. The lowest BCUT2D eigenvalue weighted by Gasteiger charge is -2.02. The highest BCUT2D eigenvalue weighted by Gasteiger charge is 2.15. The zero-order chi connectivity index (χ0) is 21.3. The lowest BCUT2D eigenvalue weighted by Crippen LogP contribution is -2.10. The zero-order valence-electron chi connectivity index (χ0n) is 15.1. The summed E-state index contributed by atoms with van der Waals surface area (Å²) >= 11 is 25.5. The molecule has 0 aliphatic heterocycles. The van der Waals surface area contributed by atoms with Crippen molar-refractivity contribution in [3.8, 4) is 11.3 Å². The molecular weight excluding hydrogens is 486 g/mol. The summed E-state index contributed by atoms with van der Waals surface area (Å²) in [6.07, 6.45) is 2.29. The highest BCUT2D eigenvalue weighted by molar-refractivity contribution is 7.15. The third kappa shape index (κ3) is 4.82. The van der Waals surface area contributed by atoms with Crippen LogP contribution in [0.4, 0.5) is 5.13 Å². The molecule has 0 spiro atoms. The van der Waals surface area contributed by atoms with E-state index in [0.29, 0.717) is 37.4 Å². The van der Waals surface area contributed by atoms with Gasteiger partial charge in [-0.1, -0.05) is 52.5 Å². The summed E-state index contributed by atoms with van der Waals surface area (Å²) < 4.78 is 5.66. The molecule has 2 heterocycles. The van der Waals surface area contributed by atoms with Gasteiger partial charge in [-0.05, 0) is 48.0 Å². The Bertz CT molecular complexity index is 1240. The van der Waals surface area contributed by atoms with Crippen molar-refractivity contribution >= 4 is 68.8 Å². The summed E-state index contributed by atoms with van der Waals surface area (Å²) in [5.74, 6) is 0.274. The van der Waals surface area contributed by atoms with Crippen LogP contribution in [0.5, 0.6) is 0 Å². The van der Waals surface area contributed by atoms with E-state index in [2.05, 4.69) is 10.3 Å². The van der Waals surface area contributed by atoms with Crippen LogP contribution in [0, 0.1) is 0 Å². The van der Waals surface area contributed by atoms with E-state index in [0.717, 1.165) is 16.0 Å². The van der Waals surface area contributed by atoms with E-state index in [9.17, 15) is 4.79 Å². The SMILES string of the molecule is O=C(Nc1ncc(Cc2ccc(Cl)cc2Cl)s1)c1ccc(-c2ccc(Cl)c(Cl)c2)o1. The van der Waals surface area contributed by atoms with E-state index in [1.54, 1.807) is 48.7 Å². The van der Waals surface area contributed by atoms with Gasteiger partial charge in [0.2, 0.25) is 0 Å². The maximum absolute atomic E-state index is 12.5. The summed E-state index contributed by atoms with van der Waals surface area (Å²) in [5.41, 5.74) is 1.65. The van der Waals surface area contributed by atoms with Gasteiger partial charge in [0.15, 0.2) is 10.9 Å². The third-order valence-electron chi connectivity index (χ3n) is 4.19. The molecule has 4 rings (SSSR count). The Kier molecular flexibility index (Phi) is 6.37. The summed E-state index contributed by atoms with van der Waals surface area (Å²) in [4.78, 5) is 17.7. The lowest BCUT2D eigenvalue weighted by atomic mass is 10.1. The first kappa shape index (κ1) is 21.2. The number of benzene rings is 2. The molecule has 30 heavy (non-hydrogen) atoms. The molecule has 0 bridgehead atoms. The van der Waals surface area contributed by atoms with Gasteiger partial charge >= 0.3 is 0 Å². The minimum Gasteiger partial charge on any atom is -0.451 e. The Morgan fingerprint density at radius 2 is 1.80 bits per heavy atom. The van der Waals surface area contributed by atoms with Crippen LogP contribution in [0.15, 0.2) is 59.1 Å². The van der Waals surface area contributed by atoms with Crippen LogP contribution in [-0.2, 0) is 6.42 Å². The number of anilines is 1. The molecule has 4 aromatic rings. The number of carbonyl (C=O) groups is 1. The molecule has 1 N–H and O–H groups in total. The Morgan fingerprint density at radius 1 is 0.967 bits per heavy atom. The summed E-state index contributed by atoms with van der Waals surface area (Å²) in [7, 11) is 0. The van der Waals surface area contributed by atoms with Gasteiger partial charge in [-0.25, -0.2) is 4.98 Å².